The van der Waals surface area contributed by atoms with Gasteiger partial charge in [0.25, 0.3) is 0 Å². The highest BCUT2D eigenvalue weighted by Crippen LogP contribution is 2.15. The first-order valence-electron chi connectivity index (χ1n) is 7.76. The number of hydrogen-bond acceptors (Lipinski definition) is 3. The minimum Gasteiger partial charge on any atom is -0.354 e. The number of piperidine rings is 1. The molecule has 20 heavy (non-hydrogen) atoms. The van der Waals surface area contributed by atoms with E-state index < -0.39 is 6.04 Å². The zero-order valence-corrected chi connectivity index (χ0v) is 13.0. The van der Waals surface area contributed by atoms with Gasteiger partial charge < -0.3 is 16.0 Å². The van der Waals surface area contributed by atoms with Gasteiger partial charge in [-0.1, -0.05) is 13.8 Å². The zero-order valence-electron chi connectivity index (χ0n) is 13.0. The van der Waals surface area contributed by atoms with Crippen molar-refractivity contribution in [3.05, 3.63) is 0 Å². The maximum absolute atomic E-state index is 11.8. The van der Waals surface area contributed by atoms with Gasteiger partial charge in [-0.3, -0.25) is 9.59 Å². The summed E-state index contributed by atoms with van der Waals surface area (Å²) >= 11 is 0. The van der Waals surface area contributed by atoms with Crippen molar-refractivity contribution in [1.29, 1.82) is 0 Å². The average Bonchev–Trinajstić information content (AvgIpc) is 2.43. The molecular weight excluding hydrogens is 254 g/mol. The Bertz CT molecular complexity index is 312. The van der Waals surface area contributed by atoms with Gasteiger partial charge in [-0.15, -0.1) is 0 Å². The van der Waals surface area contributed by atoms with Crippen LogP contribution in [0.1, 0.15) is 46.5 Å². The van der Waals surface area contributed by atoms with E-state index in [0.29, 0.717) is 24.8 Å². The smallest absolute Gasteiger partial charge is 0.242 e. The van der Waals surface area contributed by atoms with Crippen molar-refractivity contribution < 1.29 is 9.59 Å². The molecule has 1 heterocycles. The SMILES string of the molecule is CC(C)CNC(=O)C(C)NC(=O)CCC1CCCNC1. The van der Waals surface area contributed by atoms with Crippen LogP contribution < -0.4 is 16.0 Å². The second-order valence-corrected chi connectivity index (χ2v) is 6.18. The Morgan fingerprint density at radius 1 is 1.30 bits per heavy atom. The molecule has 2 atom stereocenters. The van der Waals surface area contributed by atoms with Crippen molar-refractivity contribution in [2.24, 2.45) is 11.8 Å². The number of amides is 2. The highest BCUT2D eigenvalue weighted by molar-refractivity contribution is 5.87. The van der Waals surface area contributed by atoms with Gasteiger partial charge in [0.05, 0.1) is 0 Å². The molecule has 0 spiro atoms. The number of carbonyl (C=O) groups is 2. The lowest BCUT2D eigenvalue weighted by molar-refractivity contribution is -0.128. The lowest BCUT2D eigenvalue weighted by atomic mass is 9.94. The molecule has 3 N–H and O–H groups in total. The maximum atomic E-state index is 11.8. The van der Waals surface area contributed by atoms with Crippen molar-refractivity contribution in [1.82, 2.24) is 16.0 Å². The minimum atomic E-state index is -0.453. The Hall–Kier alpha value is -1.10. The van der Waals surface area contributed by atoms with Crippen LogP contribution in [0.5, 0.6) is 0 Å². The quantitative estimate of drug-likeness (QED) is 0.654. The van der Waals surface area contributed by atoms with E-state index in [1.54, 1.807) is 6.92 Å². The van der Waals surface area contributed by atoms with E-state index in [1.807, 2.05) is 13.8 Å². The van der Waals surface area contributed by atoms with E-state index in [4.69, 9.17) is 0 Å². The Kier molecular flexibility index (Phi) is 7.59. The van der Waals surface area contributed by atoms with Gasteiger partial charge in [-0.2, -0.15) is 0 Å². The molecule has 1 fully saturated rings. The Morgan fingerprint density at radius 2 is 2.05 bits per heavy atom. The van der Waals surface area contributed by atoms with Gasteiger partial charge in [0.2, 0.25) is 11.8 Å². The number of hydrogen-bond donors (Lipinski definition) is 3. The molecule has 1 saturated heterocycles. The van der Waals surface area contributed by atoms with Gasteiger partial charge in [0, 0.05) is 13.0 Å². The van der Waals surface area contributed by atoms with Crippen LogP contribution in [-0.4, -0.2) is 37.5 Å². The van der Waals surface area contributed by atoms with E-state index in [9.17, 15) is 9.59 Å². The predicted octanol–water partition coefficient (Wildman–Crippen LogP) is 1.04. The molecule has 0 aromatic heterocycles. The third kappa shape index (κ3) is 6.89. The third-order valence-corrected chi connectivity index (χ3v) is 3.63. The first-order valence-corrected chi connectivity index (χ1v) is 7.76. The summed E-state index contributed by atoms with van der Waals surface area (Å²) in [6, 6.07) is -0.453. The fourth-order valence-electron chi connectivity index (χ4n) is 2.34. The second kappa shape index (κ2) is 8.95. The molecular formula is C15H29N3O2. The van der Waals surface area contributed by atoms with Crippen LogP contribution in [0, 0.1) is 11.8 Å². The van der Waals surface area contributed by atoms with Crippen molar-refractivity contribution >= 4 is 11.8 Å². The number of nitrogens with one attached hydrogen (secondary N) is 3. The van der Waals surface area contributed by atoms with Gasteiger partial charge >= 0.3 is 0 Å². The monoisotopic (exact) mass is 283 g/mol. The maximum Gasteiger partial charge on any atom is 0.242 e. The van der Waals surface area contributed by atoms with E-state index in [2.05, 4.69) is 16.0 Å². The minimum absolute atomic E-state index is 0.0252. The summed E-state index contributed by atoms with van der Waals surface area (Å²) in [5.41, 5.74) is 0. The van der Waals surface area contributed by atoms with Gasteiger partial charge in [-0.05, 0) is 51.1 Å². The molecule has 0 radical (unpaired) electrons. The molecule has 5 nitrogen and oxygen atoms in total. The average molecular weight is 283 g/mol. The van der Waals surface area contributed by atoms with Crippen molar-refractivity contribution in [3.8, 4) is 0 Å². The largest absolute Gasteiger partial charge is 0.354 e. The molecule has 1 rings (SSSR count). The van der Waals surface area contributed by atoms with Crippen molar-refractivity contribution in [2.45, 2.75) is 52.5 Å². The Labute approximate surface area is 122 Å². The molecule has 2 amide bonds. The second-order valence-electron chi connectivity index (χ2n) is 6.18. The highest BCUT2D eigenvalue weighted by Gasteiger charge is 2.18. The van der Waals surface area contributed by atoms with E-state index >= 15 is 0 Å². The molecule has 0 aromatic carbocycles. The van der Waals surface area contributed by atoms with E-state index in [-0.39, 0.29) is 11.8 Å². The third-order valence-electron chi connectivity index (χ3n) is 3.63. The van der Waals surface area contributed by atoms with E-state index in [1.165, 1.54) is 12.8 Å². The molecule has 116 valence electrons. The normalized spacial score (nSPS) is 20.5. The van der Waals surface area contributed by atoms with Crippen LogP contribution in [0.25, 0.3) is 0 Å². The molecule has 1 aliphatic heterocycles. The molecule has 0 saturated carbocycles. The molecule has 2 unspecified atom stereocenters. The summed E-state index contributed by atoms with van der Waals surface area (Å²) in [6.45, 7) is 8.57. The molecule has 0 aliphatic carbocycles. The summed E-state index contributed by atoms with van der Waals surface area (Å²) in [5.74, 6) is 0.884. The van der Waals surface area contributed by atoms with E-state index in [0.717, 1.165) is 19.5 Å². The fraction of sp³-hybridized carbons (Fsp3) is 0.867. The number of rotatable bonds is 7. The standard InChI is InChI=1S/C15H29N3O2/c1-11(2)9-17-15(20)12(3)18-14(19)7-6-13-5-4-8-16-10-13/h11-13,16H,4-10H2,1-3H3,(H,17,20)(H,18,19). The first-order chi connectivity index (χ1) is 9.49. The lowest BCUT2D eigenvalue weighted by Gasteiger charge is -2.22. The van der Waals surface area contributed by atoms with Crippen LogP contribution in [0.15, 0.2) is 0 Å². The van der Waals surface area contributed by atoms with Crippen molar-refractivity contribution in [2.75, 3.05) is 19.6 Å². The van der Waals surface area contributed by atoms with Crippen LogP contribution in [0.2, 0.25) is 0 Å². The fourth-order valence-corrected chi connectivity index (χ4v) is 2.34. The van der Waals surface area contributed by atoms with Crippen LogP contribution in [-0.2, 0) is 9.59 Å². The number of carbonyl (C=O) groups excluding carboxylic acids is 2. The van der Waals surface area contributed by atoms with Crippen LogP contribution in [0.4, 0.5) is 0 Å². The molecule has 1 aliphatic rings. The zero-order chi connectivity index (χ0) is 15.0. The molecule has 0 aromatic rings. The Balaban J connectivity index is 2.18. The van der Waals surface area contributed by atoms with Crippen molar-refractivity contribution in [3.63, 3.8) is 0 Å². The van der Waals surface area contributed by atoms with Gasteiger partial charge in [0.15, 0.2) is 0 Å². The van der Waals surface area contributed by atoms with Gasteiger partial charge in [-0.25, -0.2) is 0 Å². The summed E-state index contributed by atoms with van der Waals surface area (Å²) in [5, 5.41) is 8.95. The van der Waals surface area contributed by atoms with Crippen LogP contribution in [0.3, 0.4) is 0 Å². The first kappa shape index (κ1) is 17.0. The Morgan fingerprint density at radius 3 is 2.65 bits per heavy atom. The summed E-state index contributed by atoms with van der Waals surface area (Å²) in [6.07, 6.45) is 3.80. The lowest BCUT2D eigenvalue weighted by Crippen LogP contribution is -2.45. The highest BCUT2D eigenvalue weighted by atomic mass is 16.2. The molecule has 5 heteroatoms. The van der Waals surface area contributed by atoms with Crippen LogP contribution >= 0.6 is 0 Å². The summed E-state index contributed by atoms with van der Waals surface area (Å²) in [7, 11) is 0. The summed E-state index contributed by atoms with van der Waals surface area (Å²) in [4.78, 5) is 23.6. The summed E-state index contributed by atoms with van der Waals surface area (Å²) < 4.78 is 0. The topological polar surface area (TPSA) is 70.2 Å². The predicted molar refractivity (Wildman–Crippen MR) is 80.3 cm³/mol. The molecule has 0 bridgehead atoms. The van der Waals surface area contributed by atoms with Gasteiger partial charge in [0.1, 0.15) is 6.04 Å².